The highest BCUT2D eigenvalue weighted by atomic mass is 79.9. The van der Waals surface area contributed by atoms with E-state index in [9.17, 15) is 28.9 Å². The van der Waals surface area contributed by atoms with Crippen molar-refractivity contribution in [3.8, 4) is 11.3 Å². The van der Waals surface area contributed by atoms with Crippen LogP contribution in [0.25, 0.3) is 11.3 Å². The lowest BCUT2D eigenvalue weighted by Gasteiger charge is -2.24. The zero-order valence-electron chi connectivity index (χ0n) is 24.4. The first-order valence-electron chi connectivity index (χ1n) is 13.5. The minimum absolute atomic E-state index is 0.0642. The molecule has 0 radical (unpaired) electrons. The zero-order valence-corrected chi connectivity index (χ0v) is 26.9. The van der Waals surface area contributed by atoms with Crippen LogP contribution in [0.15, 0.2) is 88.3 Å². The summed E-state index contributed by atoms with van der Waals surface area (Å²) < 4.78 is 54.9. The van der Waals surface area contributed by atoms with E-state index in [2.05, 4.69) is 20.5 Å². The van der Waals surface area contributed by atoms with Gasteiger partial charge in [-0.3, -0.25) is 23.0 Å². The summed E-state index contributed by atoms with van der Waals surface area (Å²) in [5.74, 6) is -1.91. The fraction of sp³-hybridized carbons (Fsp3) is 0.258. The predicted octanol–water partition coefficient (Wildman–Crippen LogP) is 6.67. The SMILES string of the molecule is CC(C)(C)C(=O)OCOP(=O)(O)C(F)(F)c1ccc(Cn2c(-c3ccc(C(=O)O)cc3)cn(Cc3ccccc3)c2=O)cc1Br. The van der Waals surface area contributed by atoms with Gasteiger partial charge < -0.3 is 14.7 Å². The second-order valence-corrected chi connectivity index (χ2v) is 13.9. The highest BCUT2D eigenvalue weighted by molar-refractivity contribution is 9.10. The quantitative estimate of drug-likeness (QED) is 0.100. The molecular weight excluding hydrogens is 677 g/mol. The van der Waals surface area contributed by atoms with Crippen molar-refractivity contribution in [3.05, 3.63) is 116 Å². The van der Waals surface area contributed by atoms with E-state index in [4.69, 9.17) is 4.74 Å². The Morgan fingerprint density at radius 1 is 0.956 bits per heavy atom. The maximum absolute atomic E-state index is 15.3. The molecule has 10 nitrogen and oxygen atoms in total. The van der Waals surface area contributed by atoms with Gasteiger partial charge in [0, 0.05) is 16.2 Å². The zero-order chi connectivity index (χ0) is 33.2. The molecule has 1 unspecified atom stereocenters. The lowest BCUT2D eigenvalue weighted by molar-refractivity contribution is -0.160. The van der Waals surface area contributed by atoms with E-state index >= 15 is 8.78 Å². The van der Waals surface area contributed by atoms with Crippen LogP contribution in [0.4, 0.5) is 8.78 Å². The van der Waals surface area contributed by atoms with Crippen LogP contribution in [-0.4, -0.2) is 37.9 Å². The van der Waals surface area contributed by atoms with Crippen molar-refractivity contribution in [1.82, 2.24) is 9.13 Å². The van der Waals surface area contributed by atoms with Gasteiger partial charge >= 0.3 is 30.9 Å². The molecule has 4 aromatic rings. The molecule has 0 aliphatic heterocycles. The smallest absolute Gasteiger partial charge is 0.404 e. The van der Waals surface area contributed by atoms with Crippen LogP contribution in [0.3, 0.4) is 0 Å². The molecule has 0 saturated carbocycles. The summed E-state index contributed by atoms with van der Waals surface area (Å²) in [6.45, 7) is 3.59. The molecule has 0 amide bonds. The number of carboxylic acids is 1. The number of aromatic carboxylic acids is 1. The molecule has 0 aliphatic rings. The van der Waals surface area contributed by atoms with Crippen molar-refractivity contribution < 1.29 is 42.2 Å². The number of imidazole rings is 1. The molecule has 1 heterocycles. The minimum Gasteiger partial charge on any atom is -0.478 e. The highest BCUT2D eigenvalue weighted by Gasteiger charge is 2.54. The van der Waals surface area contributed by atoms with Gasteiger partial charge in [0.2, 0.25) is 6.79 Å². The molecule has 2 N–H and O–H groups in total. The van der Waals surface area contributed by atoms with Gasteiger partial charge in [-0.25, -0.2) is 9.59 Å². The molecule has 238 valence electrons. The first-order chi connectivity index (χ1) is 21.0. The molecule has 14 heteroatoms. The molecule has 45 heavy (non-hydrogen) atoms. The van der Waals surface area contributed by atoms with Crippen LogP contribution in [0.5, 0.6) is 0 Å². The van der Waals surface area contributed by atoms with Crippen molar-refractivity contribution in [1.29, 1.82) is 0 Å². The molecular formula is C31H30BrF2N2O8P. The number of carbonyl (C=O) groups excluding carboxylic acids is 1. The van der Waals surface area contributed by atoms with Crippen LogP contribution in [0, 0.1) is 5.41 Å². The number of benzene rings is 3. The first kappa shape index (κ1) is 34.0. The van der Waals surface area contributed by atoms with Crippen LogP contribution >= 0.6 is 23.5 Å². The second-order valence-electron chi connectivity index (χ2n) is 11.2. The molecule has 0 bridgehead atoms. The van der Waals surface area contributed by atoms with E-state index in [-0.39, 0.29) is 23.1 Å². The monoisotopic (exact) mass is 706 g/mol. The van der Waals surface area contributed by atoms with E-state index < -0.39 is 48.7 Å². The maximum atomic E-state index is 15.3. The Morgan fingerprint density at radius 2 is 1.60 bits per heavy atom. The van der Waals surface area contributed by atoms with E-state index in [1.54, 1.807) is 18.3 Å². The number of alkyl halides is 2. The predicted molar refractivity (Wildman–Crippen MR) is 165 cm³/mol. The summed E-state index contributed by atoms with van der Waals surface area (Å²) in [5.41, 5.74) is -4.28. The number of rotatable bonds is 11. The van der Waals surface area contributed by atoms with Crippen LogP contribution in [0.2, 0.25) is 0 Å². The maximum Gasteiger partial charge on any atom is 0.404 e. The Labute approximate surface area is 265 Å². The molecule has 3 aromatic carbocycles. The Hall–Kier alpha value is -3.90. The highest BCUT2D eigenvalue weighted by Crippen LogP contribution is 2.64. The van der Waals surface area contributed by atoms with Gasteiger partial charge in [0.1, 0.15) is 0 Å². The van der Waals surface area contributed by atoms with Gasteiger partial charge in [-0.05, 0) is 55.7 Å². The van der Waals surface area contributed by atoms with Crippen molar-refractivity contribution in [2.24, 2.45) is 5.41 Å². The molecule has 0 fully saturated rings. The lowest BCUT2D eigenvalue weighted by atomic mass is 9.98. The van der Waals surface area contributed by atoms with E-state index in [1.165, 1.54) is 54.2 Å². The second kappa shape index (κ2) is 13.2. The summed E-state index contributed by atoms with van der Waals surface area (Å²) in [4.78, 5) is 46.9. The fourth-order valence-corrected chi connectivity index (χ4v) is 5.96. The number of halogens is 3. The largest absolute Gasteiger partial charge is 0.478 e. The topological polar surface area (TPSA) is 137 Å². The Morgan fingerprint density at radius 3 is 2.18 bits per heavy atom. The fourth-order valence-electron chi connectivity index (χ4n) is 4.28. The average molecular weight is 707 g/mol. The van der Waals surface area contributed by atoms with Gasteiger partial charge in [-0.1, -0.05) is 70.5 Å². The first-order valence-corrected chi connectivity index (χ1v) is 15.9. The van der Waals surface area contributed by atoms with Gasteiger partial charge in [0.25, 0.3) is 0 Å². The van der Waals surface area contributed by atoms with Gasteiger partial charge in [0.05, 0.1) is 29.8 Å². The Balaban J connectivity index is 1.64. The Bertz CT molecular complexity index is 1820. The number of carbonyl (C=O) groups is 2. The molecule has 0 saturated heterocycles. The van der Waals surface area contributed by atoms with Gasteiger partial charge in [0.15, 0.2) is 0 Å². The summed E-state index contributed by atoms with van der Waals surface area (Å²) in [7, 11) is -5.67. The van der Waals surface area contributed by atoms with Crippen molar-refractivity contribution in [2.45, 2.75) is 39.5 Å². The van der Waals surface area contributed by atoms with E-state index in [0.717, 1.165) is 11.6 Å². The van der Waals surface area contributed by atoms with Crippen LogP contribution in [-0.2, 0) is 37.4 Å². The molecule has 0 aliphatic carbocycles. The number of aromatic nitrogens is 2. The van der Waals surface area contributed by atoms with Gasteiger partial charge in [-0.2, -0.15) is 8.78 Å². The third kappa shape index (κ3) is 7.67. The number of esters is 1. The van der Waals surface area contributed by atoms with Crippen LogP contribution < -0.4 is 5.69 Å². The third-order valence-electron chi connectivity index (χ3n) is 6.75. The summed E-state index contributed by atoms with van der Waals surface area (Å²) in [5, 5.41) is 9.28. The molecule has 0 spiro atoms. The number of hydrogen-bond donors (Lipinski definition) is 2. The molecule has 4 rings (SSSR count). The summed E-state index contributed by atoms with van der Waals surface area (Å²) >= 11 is 3.06. The third-order valence-corrected chi connectivity index (χ3v) is 8.81. The molecule has 1 aromatic heterocycles. The summed E-state index contributed by atoms with van der Waals surface area (Å²) in [6, 6.07) is 18.7. The number of carboxylic acid groups (broad SMARTS) is 1. The summed E-state index contributed by atoms with van der Waals surface area (Å²) in [6.07, 6.45) is 1.63. The normalized spacial score (nSPS) is 13.3. The van der Waals surface area contributed by atoms with E-state index in [0.29, 0.717) is 16.8 Å². The van der Waals surface area contributed by atoms with Gasteiger partial charge in [-0.15, -0.1) is 0 Å². The van der Waals surface area contributed by atoms with Crippen molar-refractivity contribution >= 4 is 35.5 Å². The van der Waals surface area contributed by atoms with E-state index in [1.807, 2.05) is 30.3 Å². The lowest BCUT2D eigenvalue weighted by Crippen LogP contribution is -2.25. The Kier molecular flexibility index (Phi) is 9.98. The van der Waals surface area contributed by atoms with Crippen molar-refractivity contribution in [3.63, 3.8) is 0 Å². The van der Waals surface area contributed by atoms with Crippen molar-refractivity contribution in [2.75, 3.05) is 6.79 Å². The number of ether oxygens (including phenoxy) is 1. The standard InChI is InChI=1S/C31H30BrF2N2O8P/c1-30(2,3)28(39)43-19-44-45(41,42)31(33,34)24-14-9-21(15-25(24)32)17-36-26(22-10-12-23(13-11-22)27(37)38)18-35(29(36)40)16-20-7-5-4-6-8-20/h4-15,18H,16-17,19H2,1-3H3,(H,37,38)(H,41,42). The molecule has 1 atom stereocenters. The average Bonchev–Trinajstić information content (AvgIpc) is 3.27. The minimum atomic E-state index is -5.67. The number of nitrogens with zero attached hydrogens (tertiary/aromatic N) is 2. The number of hydrogen-bond acceptors (Lipinski definition) is 6. The van der Waals surface area contributed by atoms with Crippen LogP contribution in [0.1, 0.15) is 47.8 Å².